The van der Waals surface area contributed by atoms with Crippen LogP contribution in [-0.4, -0.2) is 48.9 Å². The van der Waals surface area contributed by atoms with Crippen LogP contribution in [0.1, 0.15) is 27.7 Å². The average molecular weight is 296 g/mol. The van der Waals surface area contributed by atoms with Crippen molar-refractivity contribution in [2.24, 2.45) is 0 Å². The summed E-state index contributed by atoms with van der Waals surface area (Å²) in [7, 11) is -4.41. The summed E-state index contributed by atoms with van der Waals surface area (Å²) in [6.07, 6.45) is -0.938. The van der Waals surface area contributed by atoms with Crippen molar-refractivity contribution in [3.63, 3.8) is 0 Å². The highest BCUT2D eigenvalue weighted by molar-refractivity contribution is 7.85. The number of likely N-dealkylation sites (N-methyl/N-ethyl adjacent to an activating group) is 1. The molecule has 0 rings (SSSR count). The van der Waals surface area contributed by atoms with E-state index in [1.165, 1.54) is 0 Å². The van der Waals surface area contributed by atoms with Gasteiger partial charge in [-0.15, -0.1) is 0 Å². The van der Waals surface area contributed by atoms with Crippen LogP contribution >= 0.6 is 0 Å². The molecule has 0 radical (unpaired) electrons. The highest BCUT2D eigenvalue weighted by Gasteiger charge is 2.27. The molecule has 1 atom stereocenters. The van der Waals surface area contributed by atoms with E-state index in [1.54, 1.807) is 27.7 Å². The molecule has 0 aliphatic rings. The quantitative estimate of drug-likeness (QED) is 0.609. The first-order valence-electron chi connectivity index (χ1n) is 5.67. The molecule has 112 valence electrons. The molecule has 0 aromatic carbocycles. The van der Waals surface area contributed by atoms with Gasteiger partial charge in [0.1, 0.15) is 17.4 Å². The number of rotatable bonds is 5. The zero-order valence-electron chi connectivity index (χ0n) is 11.4. The van der Waals surface area contributed by atoms with E-state index in [4.69, 9.17) is 9.29 Å². The average Bonchev–Trinajstić information content (AvgIpc) is 2.11. The van der Waals surface area contributed by atoms with Crippen molar-refractivity contribution in [3.05, 3.63) is 0 Å². The number of hydrogen-bond donors (Lipinski definition) is 3. The highest BCUT2D eigenvalue weighted by Crippen LogP contribution is 2.07. The van der Waals surface area contributed by atoms with Crippen molar-refractivity contribution in [2.45, 2.75) is 39.3 Å². The van der Waals surface area contributed by atoms with E-state index in [0.29, 0.717) is 0 Å². The van der Waals surface area contributed by atoms with Crippen LogP contribution in [0.2, 0.25) is 0 Å². The highest BCUT2D eigenvalue weighted by atomic mass is 32.2. The molecule has 3 N–H and O–H groups in total. The van der Waals surface area contributed by atoms with E-state index in [0.717, 1.165) is 0 Å². The Morgan fingerprint density at radius 1 is 1.32 bits per heavy atom. The zero-order chi connectivity index (χ0) is 15.3. The molecule has 0 bridgehead atoms. The van der Waals surface area contributed by atoms with Crippen LogP contribution in [-0.2, 0) is 19.6 Å². The molecule has 0 aromatic rings. The molecule has 8 nitrogen and oxygen atoms in total. The van der Waals surface area contributed by atoms with Crippen LogP contribution in [0, 0.1) is 0 Å². The van der Waals surface area contributed by atoms with Crippen LogP contribution < -0.4 is 10.6 Å². The predicted octanol–water partition coefficient (Wildman–Crippen LogP) is -0.0964. The van der Waals surface area contributed by atoms with Crippen LogP contribution in [0.4, 0.5) is 4.79 Å². The molecule has 0 aliphatic heterocycles. The van der Waals surface area contributed by atoms with Gasteiger partial charge in [-0.1, -0.05) is 0 Å². The summed E-state index contributed by atoms with van der Waals surface area (Å²) in [5.41, 5.74) is -0.784. The van der Waals surface area contributed by atoms with Crippen molar-refractivity contribution in [2.75, 3.05) is 12.3 Å². The van der Waals surface area contributed by atoms with Crippen molar-refractivity contribution < 1.29 is 27.3 Å². The smallest absolute Gasteiger partial charge is 0.408 e. The monoisotopic (exact) mass is 296 g/mol. The fraction of sp³-hybridized carbons (Fsp3) is 0.800. The molecule has 0 unspecified atom stereocenters. The maximum absolute atomic E-state index is 11.6. The van der Waals surface area contributed by atoms with Crippen molar-refractivity contribution >= 4 is 22.1 Å². The second-order valence-electron chi connectivity index (χ2n) is 4.84. The second-order valence-corrected chi connectivity index (χ2v) is 6.34. The van der Waals surface area contributed by atoms with Gasteiger partial charge in [0.05, 0.1) is 0 Å². The lowest BCUT2D eigenvalue weighted by Gasteiger charge is -2.22. The van der Waals surface area contributed by atoms with Gasteiger partial charge in [-0.3, -0.25) is 9.35 Å². The van der Waals surface area contributed by atoms with Crippen molar-refractivity contribution in [3.8, 4) is 0 Å². The van der Waals surface area contributed by atoms with E-state index >= 15 is 0 Å². The number of amides is 2. The topological polar surface area (TPSA) is 122 Å². The number of nitrogens with one attached hydrogen (secondary N) is 2. The first-order valence-corrected chi connectivity index (χ1v) is 7.28. The molecule has 0 saturated heterocycles. The summed E-state index contributed by atoms with van der Waals surface area (Å²) in [5.74, 6) is -1.64. The Bertz CT molecular complexity index is 426. The van der Waals surface area contributed by atoms with E-state index in [1.807, 2.05) is 0 Å². The minimum atomic E-state index is -4.41. The van der Waals surface area contributed by atoms with Gasteiger partial charge in [-0.2, -0.15) is 8.42 Å². The Morgan fingerprint density at radius 3 is 2.21 bits per heavy atom. The third kappa shape index (κ3) is 9.25. The fourth-order valence-corrected chi connectivity index (χ4v) is 1.80. The Morgan fingerprint density at radius 2 is 1.84 bits per heavy atom. The third-order valence-corrected chi connectivity index (χ3v) is 2.49. The van der Waals surface area contributed by atoms with Gasteiger partial charge in [0, 0.05) is 6.54 Å². The first-order chi connectivity index (χ1) is 8.44. The minimum Gasteiger partial charge on any atom is -0.444 e. The van der Waals surface area contributed by atoms with Gasteiger partial charge in [0.2, 0.25) is 5.91 Å². The predicted molar refractivity (Wildman–Crippen MR) is 68.3 cm³/mol. The van der Waals surface area contributed by atoms with Gasteiger partial charge in [-0.25, -0.2) is 4.79 Å². The maximum atomic E-state index is 11.6. The van der Waals surface area contributed by atoms with E-state index in [-0.39, 0.29) is 6.54 Å². The van der Waals surface area contributed by atoms with Crippen LogP contribution in [0.3, 0.4) is 0 Å². The second kappa shape index (κ2) is 6.71. The summed E-state index contributed by atoms with van der Waals surface area (Å²) in [6.45, 7) is 6.76. The minimum absolute atomic E-state index is 0.261. The van der Waals surface area contributed by atoms with Crippen molar-refractivity contribution in [1.82, 2.24) is 10.6 Å². The molecule has 0 saturated carbocycles. The van der Waals surface area contributed by atoms with E-state index in [9.17, 15) is 18.0 Å². The number of ether oxygens (including phenoxy) is 1. The Hall–Kier alpha value is -1.35. The summed E-state index contributed by atoms with van der Waals surface area (Å²) in [5, 5.41) is 4.45. The Kier molecular flexibility index (Phi) is 6.23. The van der Waals surface area contributed by atoms with E-state index < -0.39 is 39.5 Å². The summed E-state index contributed by atoms with van der Waals surface area (Å²) in [4.78, 5) is 23.0. The normalized spacial score (nSPS) is 13.5. The maximum Gasteiger partial charge on any atom is 0.408 e. The SMILES string of the molecule is CCNC(=O)[C@@H](CS(=O)(=O)O)NC(=O)OC(C)(C)C. The summed E-state index contributed by atoms with van der Waals surface area (Å²) >= 11 is 0. The lowest BCUT2D eigenvalue weighted by atomic mass is 10.2. The fourth-order valence-electron chi connectivity index (χ4n) is 1.14. The first kappa shape index (κ1) is 17.6. The molecule has 9 heteroatoms. The van der Waals surface area contributed by atoms with Gasteiger partial charge in [0.15, 0.2) is 0 Å². The molecule has 2 amide bonds. The van der Waals surface area contributed by atoms with Gasteiger partial charge >= 0.3 is 6.09 Å². The van der Waals surface area contributed by atoms with Gasteiger partial charge in [-0.05, 0) is 27.7 Å². The number of alkyl carbamates (subject to hydrolysis) is 1. The molecule has 0 aromatic heterocycles. The van der Waals surface area contributed by atoms with Gasteiger partial charge < -0.3 is 15.4 Å². The third-order valence-electron chi connectivity index (χ3n) is 1.74. The van der Waals surface area contributed by atoms with Gasteiger partial charge in [0.25, 0.3) is 10.1 Å². The number of carbonyl (C=O) groups is 2. The molecule has 0 spiro atoms. The number of hydrogen-bond acceptors (Lipinski definition) is 5. The lowest BCUT2D eigenvalue weighted by molar-refractivity contribution is -0.122. The molecular formula is C10H20N2O6S. The van der Waals surface area contributed by atoms with Crippen LogP contribution in [0.5, 0.6) is 0 Å². The standard InChI is InChI=1S/C10H20N2O6S/c1-5-11-8(13)7(6-19(15,16)17)12-9(14)18-10(2,3)4/h7H,5-6H2,1-4H3,(H,11,13)(H,12,14)(H,15,16,17)/t7-/m1/s1. The van der Waals surface area contributed by atoms with Crippen LogP contribution in [0.15, 0.2) is 0 Å². The Balaban J connectivity index is 4.77. The largest absolute Gasteiger partial charge is 0.444 e. The number of carbonyl (C=O) groups excluding carboxylic acids is 2. The molecular weight excluding hydrogens is 276 g/mol. The molecule has 19 heavy (non-hydrogen) atoms. The lowest BCUT2D eigenvalue weighted by Crippen LogP contribution is -2.51. The molecule has 0 heterocycles. The van der Waals surface area contributed by atoms with Crippen molar-refractivity contribution in [1.29, 1.82) is 0 Å². The Labute approximate surface area is 112 Å². The summed E-state index contributed by atoms with van der Waals surface area (Å²) < 4.78 is 35.3. The molecule has 0 aliphatic carbocycles. The summed E-state index contributed by atoms with van der Waals surface area (Å²) in [6, 6.07) is -1.41. The zero-order valence-corrected chi connectivity index (χ0v) is 12.2. The van der Waals surface area contributed by atoms with E-state index in [2.05, 4.69) is 10.6 Å². The molecule has 0 fully saturated rings. The van der Waals surface area contributed by atoms with Crippen LogP contribution in [0.25, 0.3) is 0 Å².